The number of amides is 2. The summed E-state index contributed by atoms with van der Waals surface area (Å²) in [6.45, 7) is 0. The minimum absolute atomic E-state index is 0.0283. The van der Waals surface area contributed by atoms with Crippen molar-refractivity contribution in [1.82, 2.24) is 9.88 Å². The highest BCUT2D eigenvalue weighted by Crippen LogP contribution is 2.27. The van der Waals surface area contributed by atoms with E-state index in [0.29, 0.717) is 16.3 Å². The lowest BCUT2D eigenvalue weighted by Crippen LogP contribution is -2.23. The highest BCUT2D eigenvalue weighted by molar-refractivity contribution is 7.10. The molecule has 21 heavy (non-hydrogen) atoms. The van der Waals surface area contributed by atoms with Crippen molar-refractivity contribution in [3.05, 3.63) is 34.2 Å². The highest BCUT2D eigenvalue weighted by Gasteiger charge is 2.13. The number of rotatable bonds is 4. The van der Waals surface area contributed by atoms with E-state index in [1.807, 2.05) is 0 Å². The molecule has 0 aliphatic rings. The first-order chi connectivity index (χ1) is 9.88. The van der Waals surface area contributed by atoms with Gasteiger partial charge in [-0.05, 0) is 18.2 Å². The molecule has 1 aromatic carbocycles. The van der Waals surface area contributed by atoms with Crippen LogP contribution in [0.5, 0.6) is 5.75 Å². The number of hydrogen-bond acceptors (Lipinski definition) is 5. The second-order valence-corrected chi connectivity index (χ2v) is 5.63. The summed E-state index contributed by atoms with van der Waals surface area (Å²) in [5, 5.41) is 12.1. The van der Waals surface area contributed by atoms with E-state index in [2.05, 4.69) is 4.98 Å². The standard InChI is InChI=1S/C14H15N3O3S/c1-17(2)13(19)6-12-16-10(7-21-12)8-3-4-11(18)9(5-8)14(15)20/h3-5,7,18H,6H2,1-2H3,(H2,15,20). The Morgan fingerprint density at radius 1 is 1.38 bits per heavy atom. The second-order valence-electron chi connectivity index (χ2n) is 4.69. The molecule has 2 aromatic rings. The van der Waals surface area contributed by atoms with Crippen LogP contribution in [0.3, 0.4) is 0 Å². The molecule has 2 amide bonds. The summed E-state index contributed by atoms with van der Waals surface area (Å²) in [5.41, 5.74) is 6.56. The molecule has 2 rings (SSSR count). The number of benzene rings is 1. The lowest BCUT2D eigenvalue weighted by atomic mass is 10.1. The smallest absolute Gasteiger partial charge is 0.252 e. The van der Waals surface area contributed by atoms with Gasteiger partial charge < -0.3 is 15.7 Å². The first-order valence-electron chi connectivity index (χ1n) is 6.16. The Balaban J connectivity index is 2.27. The van der Waals surface area contributed by atoms with Gasteiger partial charge in [0.1, 0.15) is 10.8 Å². The van der Waals surface area contributed by atoms with Crippen molar-refractivity contribution in [1.29, 1.82) is 0 Å². The monoisotopic (exact) mass is 305 g/mol. The minimum Gasteiger partial charge on any atom is -0.507 e. The molecular weight excluding hydrogens is 290 g/mol. The summed E-state index contributed by atoms with van der Waals surface area (Å²) >= 11 is 1.37. The first kappa shape index (κ1) is 15.0. The van der Waals surface area contributed by atoms with Gasteiger partial charge >= 0.3 is 0 Å². The van der Waals surface area contributed by atoms with E-state index in [4.69, 9.17) is 5.73 Å². The fourth-order valence-electron chi connectivity index (χ4n) is 1.70. The molecule has 110 valence electrons. The SMILES string of the molecule is CN(C)C(=O)Cc1nc(-c2ccc(O)c(C(N)=O)c2)cs1. The Bertz CT molecular complexity index is 695. The summed E-state index contributed by atoms with van der Waals surface area (Å²) < 4.78 is 0. The van der Waals surface area contributed by atoms with Crippen LogP contribution in [0.15, 0.2) is 23.6 Å². The molecule has 0 unspecified atom stereocenters. The van der Waals surface area contributed by atoms with Crippen LogP contribution in [-0.4, -0.2) is 40.9 Å². The number of carbonyl (C=O) groups is 2. The summed E-state index contributed by atoms with van der Waals surface area (Å²) in [4.78, 5) is 28.7. The average Bonchev–Trinajstić information content (AvgIpc) is 2.87. The van der Waals surface area contributed by atoms with Crippen LogP contribution in [0.4, 0.5) is 0 Å². The average molecular weight is 305 g/mol. The number of aromatic nitrogens is 1. The van der Waals surface area contributed by atoms with Gasteiger partial charge in [0.05, 0.1) is 17.7 Å². The zero-order chi connectivity index (χ0) is 15.6. The molecule has 0 bridgehead atoms. The third-order valence-electron chi connectivity index (χ3n) is 2.91. The highest BCUT2D eigenvalue weighted by atomic mass is 32.1. The zero-order valence-electron chi connectivity index (χ0n) is 11.7. The fourth-order valence-corrected chi connectivity index (χ4v) is 2.50. The van der Waals surface area contributed by atoms with E-state index >= 15 is 0 Å². The van der Waals surface area contributed by atoms with Gasteiger partial charge in [-0.15, -0.1) is 11.3 Å². The van der Waals surface area contributed by atoms with Gasteiger partial charge in [0.25, 0.3) is 5.91 Å². The summed E-state index contributed by atoms with van der Waals surface area (Å²) in [6.07, 6.45) is 0.235. The summed E-state index contributed by atoms with van der Waals surface area (Å²) in [5.74, 6) is -0.892. The topological polar surface area (TPSA) is 96.5 Å². The number of aromatic hydroxyl groups is 1. The molecule has 0 saturated heterocycles. The Kier molecular flexibility index (Phi) is 4.23. The van der Waals surface area contributed by atoms with Gasteiger partial charge in [-0.1, -0.05) is 0 Å². The lowest BCUT2D eigenvalue weighted by molar-refractivity contribution is -0.127. The van der Waals surface area contributed by atoms with Gasteiger partial charge in [-0.2, -0.15) is 0 Å². The first-order valence-corrected chi connectivity index (χ1v) is 7.04. The number of thiazole rings is 1. The molecular formula is C14H15N3O3S. The van der Waals surface area contributed by atoms with E-state index in [1.54, 1.807) is 25.5 Å². The zero-order valence-corrected chi connectivity index (χ0v) is 12.5. The Labute approximate surface area is 125 Å². The van der Waals surface area contributed by atoms with E-state index < -0.39 is 5.91 Å². The van der Waals surface area contributed by atoms with Crippen molar-refractivity contribution in [3.63, 3.8) is 0 Å². The molecule has 0 aliphatic heterocycles. The summed E-state index contributed by atoms with van der Waals surface area (Å²) in [7, 11) is 3.38. The third-order valence-corrected chi connectivity index (χ3v) is 3.76. The Morgan fingerprint density at radius 3 is 2.71 bits per heavy atom. The predicted molar refractivity (Wildman–Crippen MR) is 80.1 cm³/mol. The van der Waals surface area contributed by atoms with Crippen molar-refractivity contribution in [2.75, 3.05) is 14.1 Å². The van der Waals surface area contributed by atoms with Crippen molar-refractivity contribution in [3.8, 4) is 17.0 Å². The number of nitrogens with two attached hydrogens (primary N) is 1. The molecule has 6 nitrogen and oxygen atoms in total. The largest absolute Gasteiger partial charge is 0.507 e. The molecule has 7 heteroatoms. The molecule has 0 saturated carbocycles. The Hall–Kier alpha value is -2.41. The van der Waals surface area contributed by atoms with Gasteiger partial charge in [-0.3, -0.25) is 9.59 Å². The second kappa shape index (κ2) is 5.92. The van der Waals surface area contributed by atoms with Crippen LogP contribution in [0.2, 0.25) is 0 Å². The van der Waals surface area contributed by atoms with E-state index in [1.165, 1.54) is 28.4 Å². The number of nitrogens with zero attached hydrogens (tertiary/aromatic N) is 2. The van der Waals surface area contributed by atoms with Crippen LogP contribution >= 0.6 is 11.3 Å². The third kappa shape index (κ3) is 3.38. The Morgan fingerprint density at radius 2 is 2.10 bits per heavy atom. The van der Waals surface area contributed by atoms with E-state index in [-0.39, 0.29) is 23.6 Å². The maximum Gasteiger partial charge on any atom is 0.252 e. The molecule has 0 aliphatic carbocycles. The van der Waals surface area contributed by atoms with E-state index in [0.717, 1.165) is 0 Å². The molecule has 0 fully saturated rings. The van der Waals surface area contributed by atoms with Crippen LogP contribution in [-0.2, 0) is 11.2 Å². The predicted octanol–water partition coefficient (Wildman–Crippen LogP) is 1.25. The van der Waals surface area contributed by atoms with Gasteiger partial charge in [0.15, 0.2) is 0 Å². The number of phenols is 1. The normalized spacial score (nSPS) is 10.4. The number of primary amides is 1. The molecule has 3 N–H and O–H groups in total. The lowest BCUT2D eigenvalue weighted by Gasteiger charge is -2.07. The molecule has 1 heterocycles. The van der Waals surface area contributed by atoms with Gasteiger partial charge in [0, 0.05) is 25.0 Å². The maximum atomic E-state index is 11.6. The summed E-state index contributed by atoms with van der Waals surface area (Å²) in [6, 6.07) is 4.54. The molecule has 0 spiro atoms. The fraction of sp³-hybridized carbons (Fsp3) is 0.214. The van der Waals surface area contributed by atoms with Crippen LogP contribution in [0.25, 0.3) is 11.3 Å². The quantitative estimate of drug-likeness (QED) is 0.888. The van der Waals surface area contributed by atoms with Crippen LogP contribution in [0.1, 0.15) is 15.4 Å². The minimum atomic E-state index is -0.701. The molecule has 0 radical (unpaired) electrons. The van der Waals surface area contributed by atoms with Gasteiger partial charge in [0.2, 0.25) is 5.91 Å². The number of likely N-dealkylation sites (N-methyl/N-ethyl adjacent to an activating group) is 1. The molecule has 1 aromatic heterocycles. The van der Waals surface area contributed by atoms with Crippen LogP contribution < -0.4 is 5.73 Å². The van der Waals surface area contributed by atoms with Crippen molar-refractivity contribution in [2.45, 2.75) is 6.42 Å². The molecule has 0 atom stereocenters. The van der Waals surface area contributed by atoms with E-state index in [9.17, 15) is 14.7 Å². The number of hydrogen-bond donors (Lipinski definition) is 2. The van der Waals surface area contributed by atoms with Crippen molar-refractivity contribution < 1.29 is 14.7 Å². The van der Waals surface area contributed by atoms with Crippen molar-refractivity contribution >= 4 is 23.2 Å². The van der Waals surface area contributed by atoms with Crippen molar-refractivity contribution in [2.24, 2.45) is 5.73 Å². The maximum absolute atomic E-state index is 11.6. The van der Waals surface area contributed by atoms with Gasteiger partial charge in [-0.25, -0.2) is 4.98 Å². The van der Waals surface area contributed by atoms with Crippen LogP contribution in [0, 0.1) is 0 Å². The number of carbonyl (C=O) groups excluding carboxylic acids is 2.